The summed E-state index contributed by atoms with van der Waals surface area (Å²) >= 11 is 0. The topological polar surface area (TPSA) is 69.6 Å². The molecular weight excluding hydrogens is 167 g/mol. The monoisotopic (exact) mass is 173 g/mol. The van der Waals surface area contributed by atoms with Crippen molar-refractivity contribution < 1.29 is 28.2 Å². The smallest absolute Gasteiger partial charge is 0.427 e. The van der Waals surface area contributed by atoms with E-state index >= 15 is 0 Å². The number of nitrogens with one attached hydrogen (secondary N) is 1. The molecular formula is C4H6F3NO3. The Morgan fingerprint density at radius 2 is 2.00 bits per heavy atom. The lowest BCUT2D eigenvalue weighted by Gasteiger charge is -2.13. The summed E-state index contributed by atoms with van der Waals surface area (Å²) in [5.74, 6) is -1.46. The van der Waals surface area contributed by atoms with Gasteiger partial charge in [-0.25, -0.2) is 0 Å². The lowest BCUT2D eigenvalue weighted by molar-refractivity contribution is -0.213. The van der Waals surface area contributed by atoms with Gasteiger partial charge in [0.2, 0.25) is 6.23 Å². The van der Waals surface area contributed by atoms with E-state index in [1.165, 1.54) is 5.32 Å². The van der Waals surface area contributed by atoms with E-state index in [1.54, 1.807) is 0 Å². The molecule has 0 saturated heterocycles. The number of aliphatic carboxylic acids is 1. The molecule has 0 spiro atoms. The molecule has 4 nitrogen and oxygen atoms in total. The van der Waals surface area contributed by atoms with Crippen LogP contribution >= 0.6 is 0 Å². The minimum atomic E-state index is -4.82. The third-order valence-electron chi connectivity index (χ3n) is 0.757. The summed E-state index contributed by atoms with van der Waals surface area (Å²) in [4.78, 5) is 9.69. The van der Waals surface area contributed by atoms with Gasteiger partial charge in [0.1, 0.15) is 0 Å². The molecule has 0 amide bonds. The quantitative estimate of drug-likeness (QED) is 0.505. The van der Waals surface area contributed by atoms with Gasteiger partial charge >= 0.3 is 12.1 Å². The van der Waals surface area contributed by atoms with Crippen LogP contribution in [0.15, 0.2) is 0 Å². The lowest BCUT2D eigenvalue weighted by Crippen LogP contribution is -2.44. The molecule has 0 aliphatic rings. The van der Waals surface area contributed by atoms with Gasteiger partial charge < -0.3 is 10.2 Å². The summed E-state index contributed by atoms with van der Waals surface area (Å²) in [5, 5.41) is 17.4. The van der Waals surface area contributed by atoms with E-state index in [1.807, 2.05) is 0 Å². The Labute approximate surface area is 59.6 Å². The van der Waals surface area contributed by atoms with Gasteiger partial charge in [-0.15, -0.1) is 0 Å². The molecule has 1 atom stereocenters. The zero-order valence-electron chi connectivity index (χ0n) is 5.22. The fourth-order valence-electron chi connectivity index (χ4n) is 0.300. The molecule has 0 radical (unpaired) electrons. The van der Waals surface area contributed by atoms with Crippen LogP contribution in [0.25, 0.3) is 0 Å². The van der Waals surface area contributed by atoms with Crippen molar-refractivity contribution >= 4 is 5.97 Å². The zero-order valence-corrected chi connectivity index (χ0v) is 5.22. The molecule has 0 aliphatic carbocycles. The van der Waals surface area contributed by atoms with E-state index < -0.39 is 24.9 Å². The lowest BCUT2D eigenvalue weighted by atomic mass is 10.5. The zero-order chi connectivity index (χ0) is 9.07. The minimum absolute atomic E-state index is 0.930. The third-order valence-corrected chi connectivity index (χ3v) is 0.757. The van der Waals surface area contributed by atoms with Gasteiger partial charge in [0.15, 0.2) is 0 Å². The summed E-state index contributed by atoms with van der Waals surface area (Å²) in [6.07, 6.45) is -7.60. The van der Waals surface area contributed by atoms with Crippen molar-refractivity contribution in [1.29, 1.82) is 0 Å². The van der Waals surface area contributed by atoms with Gasteiger partial charge in [0, 0.05) is 0 Å². The summed E-state index contributed by atoms with van der Waals surface area (Å²) < 4.78 is 34.2. The molecule has 0 bridgehead atoms. The molecule has 0 saturated carbocycles. The normalized spacial score (nSPS) is 14.5. The number of hydrogen-bond acceptors (Lipinski definition) is 3. The van der Waals surface area contributed by atoms with Gasteiger partial charge in [-0.2, -0.15) is 13.2 Å². The molecule has 0 heterocycles. The SMILES string of the molecule is O=C(O)CNC(O)C(F)(F)F. The van der Waals surface area contributed by atoms with Crippen molar-refractivity contribution in [3.8, 4) is 0 Å². The van der Waals surface area contributed by atoms with Crippen molar-refractivity contribution in [2.45, 2.75) is 12.4 Å². The molecule has 0 aromatic carbocycles. The van der Waals surface area contributed by atoms with Crippen LogP contribution in [0.5, 0.6) is 0 Å². The molecule has 0 aromatic heterocycles. The maximum absolute atomic E-state index is 11.4. The molecule has 0 aliphatic heterocycles. The predicted molar refractivity (Wildman–Crippen MR) is 27.7 cm³/mol. The molecule has 66 valence electrons. The van der Waals surface area contributed by atoms with Crippen molar-refractivity contribution in [3.05, 3.63) is 0 Å². The number of carboxylic acid groups (broad SMARTS) is 1. The first-order chi connectivity index (χ1) is 4.84. The van der Waals surface area contributed by atoms with Crippen LogP contribution in [-0.2, 0) is 4.79 Å². The van der Waals surface area contributed by atoms with Crippen LogP contribution in [-0.4, -0.2) is 35.1 Å². The van der Waals surface area contributed by atoms with Crippen LogP contribution in [0, 0.1) is 0 Å². The van der Waals surface area contributed by atoms with Crippen LogP contribution in [0.3, 0.4) is 0 Å². The molecule has 0 fully saturated rings. The highest BCUT2D eigenvalue weighted by Crippen LogP contribution is 2.17. The molecule has 11 heavy (non-hydrogen) atoms. The van der Waals surface area contributed by atoms with E-state index in [2.05, 4.69) is 0 Å². The second-order valence-electron chi connectivity index (χ2n) is 1.72. The largest absolute Gasteiger partial charge is 0.480 e. The van der Waals surface area contributed by atoms with E-state index in [0.29, 0.717) is 0 Å². The summed E-state index contributed by atoms with van der Waals surface area (Å²) in [7, 11) is 0. The first kappa shape index (κ1) is 10.2. The van der Waals surface area contributed by atoms with Crippen molar-refractivity contribution in [1.82, 2.24) is 5.32 Å². The van der Waals surface area contributed by atoms with E-state index in [0.717, 1.165) is 0 Å². The second kappa shape index (κ2) is 3.54. The highest BCUT2D eigenvalue weighted by molar-refractivity contribution is 5.69. The second-order valence-corrected chi connectivity index (χ2v) is 1.72. The first-order valence-corrected chi connectivity index (χ1v) is 2.54. The Bertz CT molecular complexity index is 146. The number of aliphatic hydroxyl groups excluding tert-OH is 1. The highest BCUT2D eigenvalue weighted by atomic mass is 19.4. The van der Waals surface area contributed by atoms with Crippen LogP contribution in [0.2, 0.25) is 0 Å². The van der Waals surface area contributed by atoms with Gasteiger partial charge in [0.25, 0.3) is 0 Å². The standard InChI is InChI=1S/C4H6F3NO3/c5-4(6,7)3(11)8-1-2(9)10/h3,8,11H,1H2,(H,9,10). The number of carbonyl (C=O) groups is 1. The maximum atomic E-state index is 11.4. The number of rotatable bonds is 3. The summed E-state index contributed by atoms with van der Waals surface area (Å²) in [6.45, 7) is -0.930. The van der Waals surface area contributed by atoms with Crippen LogP contribution in [0.4, 0.5) is 13.2 Å². The summed E-state index contributed by atoms with van der Waals surface area (Å²) in [5.41, 5.74) is 0. The van der Waals surface area contributed by atoms with E-state index in [4.69, 9.17) is 10.2 Å². The number of carboxylic acids is 1. The van der Waals surface area contributed by atoms with Gasteiger partial charge in [0.05, 0.1) is 6.54 Å². The summed E-state index contributed by atoms with van der Waals surface area (Å²) in [6, 6.07) is 0. The van der Waals surface area contributed by atoms with E-state index in [-0.39, 0.29) is 0 Å². The number of aliphatic hydroxyl groups is 1. The highest BCUT2D eigenvalue weighted by Gasteiger charge is 2.38. The average molecular weight is 173 g/mol. The fourth-order valence-corrected chi connectivity index (χ4v) is 0.300. The molecule has 7 heteroatoms. The molecule has 0 aromatic rings. The Balaban J connectivity index is 3.70. The Morgan fingerprint density at radius 1 is 1.55 bits per heavy atom. The van der Waals surface area contributed by atoms with Gasteiger partial charge in [-0.3, -0.25) is 10.1 Å². The van der Waals surface area contributed by atoms with Crippen molar-refractivity contribution in [2.75, 3.05) is 6.54 Å². The number of alkyl halides is 3. The van der Waals surface area contributed by atoms with Crippen LogP contribution < -0.4 is 5.32 Å². The van der Waals surface area contributed by atoms with Gasteiger partial charge in [-0.05, 0) is 0 Å². The number of halogens is 3. The van der Waals surface area contributed by atoms with E-state index in [9.17, 15) is 18.0 Å². The maximum Gasteiger partial charge on any atom is 0.427 e. The number of hydrogen-bond donors (Lipinski definition) is 3. The van der Waals surface area contributed by atoms with Crippen molar-refractivity contribution in [2.24, 2.45) is 0 Å². The third kappa shape index (κ3) is 4.57. The van der Waals surface area contributed by atoms with Crippen molar-refractivity contribution in [3.63, 3.8) is 0 Å². The Morgan fingerprint density at radius 3 is 2.27 bits per heavy atom. The Hall–Kier alpha value is -0.820. The molecule has 1 unspecified atom stereocenters. The fraction of sp³-hybridized carbons (Fsp3) is 0.750. The van der Waals surface area contributed by atoms with Crippen LogP contribution in [0.1, 0.15) is 0 Å². The minimum Gasteiger partial charge on any atom is -0.480 e. The predicted octanol–water partition coefficient (Wildman–Crippen LogP) is -0.459. The van der Waals surface area contributed by atoms with Gasteiger partial charge in [-0.1, -0.05) is 0 Å². The first-order valence-electron chi connectivity index (χ1n) is 2.54. The molecule has 3 N–H and O–H groups in total. The molecule has 0 rings (SSSR count). The Kier molecular flexibility index (Phi) is 3.27. The average Bonchev–Trinajstić information content (AvgIpc) is 1.80.